The van der Waals surface area contributed by atoms with E-state index in [0.717, 1.165) is 18.5 Å². The summed E-state index contributed by atoms with van der Waals surface area (Å²) in [6.07, 6.45) is 3.00. The lowest BCUT2D eigenvalue weighted by atomic mass is 9.98. The number of hydrogen-bond donors (Lipinski definition) is 2. The van der Waals surface area contributed by atoms with E-state index >= 15 is 0 Å². The molecule has 0 spiro atoms. The molecule has 28 heavy (non-hydrogen) atoms. The van der Waals surface area contributed by atoms with Crippen LogP contribution in [0.3, 0.4) is 0 Å². The van der Waals surface area contributed by atoms with Crippen LogP contribution in [0.25, 0.3) is 5.57 Å². The number of nitrogens with one attached hydrogen (secondary N) is 1. The van der Waals surface area contributed by atoms with Crippen LogP contribution in [0.2, 0.25) is 0 Å². The molecule has 0 bridgehead atoms. The quantitative estimate of drug-likeness (QED) is 0.800. The first-order valence-electron chi connectivity index (χ1n) is 9.27. The van der Waals surface area contributed by atoms with Gasteiger partial charge >= 0.3 is 0 Å². The number of nitrogens with zero attached hydrogens (tertiary/aromatic N) is 1. The maximum absolute atomic E-state index is 12.8. The fourth-order valence-corrected chi connectivity index (χ4v) is 3.29. The van der Waals surface area contributed by atoms with Crippen molar-refractivity contribution in [1.29, 1.82) is 0 Å². The zero-order valence-corrected chi connectivity index (χ0v) is 16.4. The summed E-state index contributed by atoms with van der Waals surface area (Å²) in [4.78, 5) is 14.9. The molecule has 1 aliphatic heterocycles. The molecule has 0 aromatic heterocycles. The van der Waals surface area contributed by atoms with Gasteiger partial charge in [-0.3, -0.25) is 9.69 Å². The molecule has 2 aromatic carbocycles. The number of benzene rings is 2. The number of aromatic hydroxyl groups is 1. The predicted molar refractivity (Wildman–Crippen MR) is 110 cm³/mol. The molecule has 0 saturated carbocycles. The number of hydrogen-bond acceptors (Lipinski definition) is 5. The summed E-state index contributed by atoms with van der Waals surface area (Å²) in [5, 5.41) is 12.4. The first-order valence-corrected chi connectivity index (χ1v) is 9.27. The fourth-order valence-electron chi connectivity index (χ4n) is 3.29. The van der Waals surface area contributed by atoms with Crippen molar-refractivity contribution in [3.8, 4) is 17.2 Å². The first-order chi connectivity index (χ1) is 13.5. The number of ether oxygens (including phenoxy) is 2. The second-order valence-corrected chi connectivity index (χ2v) is 6.75. The van der Waals surface area contributed by atoms with Crippen LogP contribution in [0.4, 0.5) is 5.69 Å². The van der Waals surface area contributed by atoms with Crippen LogP contribution in [0.5, 0.6) is 17.2 Å². The lowest BCUT2D eigenvalue weighted by molar-refractivity contribution is -0.120. The third-order valence-corrected chi connectivity index (χ3v) is 5.07. The smallest absolute Gasteiger partial charge is 0.241 e. The highest BCUT2D eigenvalue weighted by Crippen LogP contribution is 2.30. The number of carbonyl (C=O) groups excluding carboxylic acids is 1. The number of rotatable bonds is 6. The third-order valence-electron chi connectivity index (χ3n) is 5.07. The monoisotopic (exact) mass is 382 g/mol. The summed E-state index contributed by atoms with van der Waals surface area (Å²) in [6.45, 7) is 3.39. The lowest BCUT2D eigenvalue weighted by Crippen LogP contribution is -2.44. The van der Waals surface area contributed by atoms with Gasteiger partial charge in [0.2, 0.25) is 5.91 Å². The standard InChI is InChI=1S/C22H26N2O4/c1-15(22(26)23-20-14-19(27-2)8-9-21(20)28-3)24-12-10-17(11-13-24)16-4-6-18(25)7-5-16/h4-10,14-15,25H,11-13H2,1-3H3,(H,23,26). The number of anilines is 1. The Bertz CT molecular complexity index is 861. The van der Waals surface area contributed by atoms with Crippen LogP contribution in [0, 0.1) is 0 Å². The van der Waals surface area contributed by atoms with E-state index in [2.05, 4.69) is 16.3 Å². The minimum Gasteiger partial charge on any atom is -0.508 e. The van der Waals surface area contributed by atoms with Crippen molar-refractivity contribution >= 4 is 17.2 Å². The normalized spacial score (nSPS) is 15.5. The van der Waals surface area contributed by atoms with Crippen LogP contribution in [-0.4, -0.2) is 49.3 Å². The average molecular weight is 382 g/mol. The third kappa shape index (κ3) is 4.46. The lowest BCUT2D eigenvalue weighted by Gasteiger charge is -2.31. The molecule has 0 aliphatic carbocycles. The molecule has 0 saturated heterocycles. The molecule has 1 amide bonds. The van der Waals surface area contributed by atoms with Crippen LogP contribution < -0.4 is 14.8 Å². The molecule has 1 aliphatic rings. The van der Waals surface area contributed by atoms with Gasteiger partial charge < -0.3 is 19.9 Å². The van der Waals surface area contributed by atoms with Crippen molar-refractivity contribution in [1.82, 2.24) is 4.90 Å². The SMILES string of the molecule is COc1ccc(OC)c(NC(=O)C(C)N2CC=C(c3ccc(O)cc3)CC2)c1. The number of methoxy groups -OCH3 is 2. The van der Waals surface area contributed by atoms with Crippen LogP contribution in [-0.2, 0) is 4.79 Å². The topological polar surface area (TPSA) is 71.0 Å². The van der Waals surface area contributed by atoms with Gasteiger partial charge in [0.1, 0.15) is 17.2 Å². The fraction of sp³-hybridized carbons (Fsp3) is 0.318. The largest absolute Gasteiger partial charge is 0.508 e. The molecule has 2 aromatic rings. The molecule has 6 heteroatoms. The summed E-state index contributed by atoms with van der Waals surface area (Å²) in [7, 11) is 3.16. The van der Waals surface area contributed by atoms with Crippen LogP contribution in [0.1, 0.15) is 18.9 Å². The highest BCUT2D eigenvalue weighted by molar-refractivity contribution is 5.96. The molecule has 0 fully saturated rings. The van der Waals surface area contributed by atoms with Crippen molar-refractivity contribution in [2.75, 3.05) is 32.6 Å². The van der Waals surface area contributed by atoms with E-state index in [4.69, 9.17) is 9.47 Å². The van der Waals surface area contributed by atoms with Gasteiger partial charge in [0.15, 0.2) is 0 Å². The summed E-state index contributed by atoms with van der Waals surface area (Å²) < 4.78 is 10.6. The molecule has 0 radical (unpaired) electrons. The minimum atomic E-state index is -0.284. The minimum absolute atomic E-state index is 0.0898. The summed E-state index contributed by atoms with van der Waals surface area (Å²) >= 11 is 0. The van der Waals surface area contributed by atoms with Crippen molar-refractivity contribution in [3.63, 3.8) is 0 Å². The van der Waals surface area contributed by atoms with Gasteiger partial charge in [0, 0.05) is 19.2 Å². The first kappa shape index (κ1) is 19.8. The molecular weight excluding hydrogens is 356 g/mol. The summed E-state index contributed by atoms with van der Waals surface area (Å²) in [5.74, 6) is 1.42. The Morgan fingerprint density at radius 1 is 1.14 bits per heavy atom. The van der Waals surface area contributed by atoms with Gasteiger partial charge in [0.25, 0.3) is 0 Å². The molecule has 3 rings (SSSR count). The zero-order chi connectivity index (χ0) is 20.1. The summed E-state index contributed by atoms with van der Waals surface area (Å²) in [5.41, 5.74) is 2.94. The Morgan fingerprint density at radius 3 is 2.50 bits per heavy atom. The Hall–Kier alpha value is -2.99. The average Bonchev–Trinajstić information content (AvgIpc) is 2.73. The highest BCUT2D eigenvalue weighted by Gasteiger charge is 2.24. The van der Waals surface area contributed by atoms with Crippen molar-refractivity contribution in [3.05, 3.63) is 54.1 Å². The Labute approximate surface area is 165 Å². The predicted octanol–water partition coefficient (Wildman–Crippen LogP) is 3.53. The number of phenolic OH excluding ortho intramolecular Hbond substituents is 1. The molecule has 1 unspecified atom stereocenters. The van der Waals surface area contributed by atoms with Gasteiger partial charge in [-0.1, -0.05) is 18.2 Å². The maximum atomic E-state index is 12.8. The van der Waals surface area contributed by atoms with Crippen molar-refractivity contribution < 1.29 is 19.4 Å². The van der Waals surface area contributed by atoms with Gasteiger partial charge in [-0.05, 0) is 48.7 Å². The number of amides is 1. The molecule has 148 valence electrons. The van der Waals surface area contributed by atoms with E-state index in [1.54, 1.807) is 44.6 Å². The second-order valence-electron chi connectivity index (χ2n) is 6.75. The van der Waals surface area contributed by atoms with Gasteiger partial charge in [0.05, 0.1) is 25.9 Å². The highest BCUT2D eigenvalue weighted by atomic mass is 16.5. The van der Waals surface area contributed by atoms with E-state index in [1.165, 1.54) is 5.57 Å². The van der Waals surface area contributed by atoms with Crippen LogP contribution in [0.15, 0.2) is 48.5 Å². The molecule has 1 atom stereocenters. The van der Waals surface area contributed by atoms with E-state index in [-0.39, 0.29) is 17.7 Å². The Balaban J connectivity index is 1.65. The van der Waals surface area contributed by atoms with Crippen LogP contribution >= 0.6 is 0 Å². The number of carbonyl (C=O) groups is 1. The molecule has 2 N–H and O–H groups in total. The Kier molecular flexibility index (Phi) is 6.21. The van der Waals surface area contributed by atoms with Crippen molar-refractivity contribution in [2.45, 2.75) is 19.4 Å². The Morgan fingerprint density at radius 2 is 1.89 bits per heavy atom. The molecule has 1 heterocycles. The van der Waals surface area contributed by atoms with Gasteiger partial charge in [-0.2, -0.15) is 0 Å². The second kappa shape index (κ2) is 8.80. The molecule has 6 nitrogen and oxygen atoms in total. The number of phenols is 1. The van der Waals surface area contributed by atoms with E-state index < -0.39 is 0 Å². The zero-order valence-electron chi connectivity index (χ0n) is 16.4. The van der Waals surface area contributed by atoms with E-state index in [1.807, 2.05) is 19.1 Å². The van der Waals surface area contributed by atoms with Gasteiger partial charge in [-0.15, -0.1) is 0 Å². The van der Waals surface area contributed by atoms with Gasteiger partial charge in [-0.25, -0.2) is 0 Å². The summed E-state index contributed by atoms with van der Waals surface area (Å²) in [6, 6.07) is 12.3. The maximum Gasteiger partial charge on any atom is 0.241 e. The van der Waals surface area contributed by atoms with Crippen molar-refractivity contribution in [2.24, 2.45) is 0 Å². The van der Waals surface area contributed by atoms with E-state index in [0.29, 0.717) is 23.7 Å². The van der Waals surface area contributed by atoms with E-state index in [9.17, 15) is 9.90 Å². The molecular formula is C22H26N2O4.